The number of ether oxygens (including phenoxy) is 1. The molecule has 0 atom stereocenters. The Labute approximate surface area is 261 Å². The lowest BCUT2D eigenvalue weighted by Crippen LogP contribution is -2.01. The quantitative estimate of drug-likeness (QED) is 0.195. The van der Waals surface area contributed by atoms with Gasteiger partial charge in [-0.1, -0.05) is 109 Å². The molecule has 3 heteroatoms. The third kappa shape index (κ3) is 4.36. The van der Waals surface area contributed by atoms with Gasteiger partial charge in [-0.05, 0) is 95.7 Å². The van der Waals surface area contributed by atoms with Crippen molar-refractivity contribution in [2.24, 2.45) is 4.99 Å². The van der Waals surface area contributed by atoms with Crippen molar-refractivity contribution in [3.8, 4) is 33.5 Å². The highest BCUT2D eigenvalue weighted by Gasteiger charge is 2.19. The fourth-order valence-corrected chi connectivity index (χ4v) is 6.85. The van der Waals surface area contributed by atoms with Crippen molar-refractivity contribution in [3.63, 3.8) is 0 Å². The van der Waals surface area contributed by atoms with Crippen molar-refractivity contribution < 1.29 is 4.74 Å². The van der Waals surface area contributed by atoms with Crippen LogP contribution >= 0.6 is 0 Å². The maximum Gasteiger partial charge on any atom is 0.217 e. The number of hydrogen-bond donors (Lipinski definition) is 0. The third-order valence-corrected chi connectivity index (χ3v) is 8.99. The molecule has 0 N–H and O–H groups in total. The Balaban J connectivity index is 1.33. The molecule has 0 saturated heterocycles. The van der Waals surface area contributed by atoms with Crippen LogP contribution in [-0.2, 0) is 4.74 Å². The van der Waals surface area contributed by atoms with Crippen LogP contribution in [0, 0.1) is 0 Å². The van der Waals surface area contributed by atoms with Gasteiger partial charge in [0, 0.05) is 11.8 Å². The standard InChI is InChI=1S/C42H28N2O/c1-3-9-29-23-32(15-13-27(29)7-1)40-35-11-5-6-12-36(35)41(33-16-14-28-8-2-4-10-30(28)24-33)38-25-31(17-19-37(38)40)39-20-18-34(26-44-39)42-43-21-22-45-42/h1-20,23-26H,21-22H2. The molecule has 0 unspecified atom stereocenters. The van der Waals surface area contributed by atoms with Crippen LogP contribution in [0.2, 0.25) is 0 Å². The van der Waals surface area contributed by atoms with Gasteiger partial charge in [0.25, 0.3) is 0 Å². The third-order valence-electron chi connectivity index (χ3n) is 8.99. The number of benzene rings is 7. The molecule has 45 heavy (non-hydrogen) atoms. The molecule has 1 aliphatic heterocycles. The molecule has 8 aromatic rings. The van der Waals surface area contributed by atoms with E-state index in [1.165, 1.54) is 65.3 Å². The van der Waals surface area contributed by atoms with Crippen molar-refractivity contribution in [3.05, 3.63) is 151 Å². The zero-order chi connectivity index (χ0) is 29.7. The summed E-state index contributed by atoms with van der Waals surface area (Å²) in [5.74, 6) is 0.678. The molecule has 2 heterocycles. The molecule has 9 rings (SSSR count). The van der Waals surface area contributed by atoms with Gasteiger partial charge in [0.2, 0.25) is 5.90 Å². The lowest BCUT2D eigenvalue weighted by molar-refractivity contribution is 0.348. The maximum atomic E-state index is 5.67. The Hall–Kier alpha value is -5.80. The molecule has 0 radical (unpaired) electrons. The number of pyridine rings is 1. The molecule has 0 bridgehead atoms. The summed E-state index contributed by atoms with van der Waals surface area (Å²) in [6.07, 6.45) is 1.87. The van der Waals surface area contributed by atoms with Gasteiger partial charge in [-0.2, -0.15) is 0 Å². The Morgan fingerprint density at radius 2 is 1.00 bits per heavy atom. The smallest absolute Gasteiger partial charge is 0.217 e. The fourth-order valence-electron chi connectivity index (χ4n) is 6.85. The van der Waals surface area contributed by atoms with Gasteiger partial charge in [0.15, 0.2) is 0 Å². The number of aliphatic imine (C=N–C) groups is 1. The lowest BCUT2D eigenvalue weighted by Gasteiger charge is -2.19. The molecule has 0 spiro atoms. The predicted octanol–water partition coefficient (Wildman–Crippen LogP) is 10.5. The Bertz CT molecular complexity index is 2460. The number of fused-ring (bicyclic) bond motifs is 4. The summed E-state index contributed by atoms with van der Waals surface area (Å²) < 4.78 is 5.67. The van der Waals surface area contributed by atoms with E-state index in [1.807, 2.05) is 6.20 Å². The Kier molecular flexibility index (Phi) is 5.95. The molecular weight excluding hydrogens is 548 g/mol. The molecule has 1 aromatic heterocycles. The van der Waals surface area contributed by atoms with E-state index in [0.717, 1.165) is 16.8 Å². The van der Waals surface area contributed by atoms with E-state index >= 15 is 0 Å². The molecule has 0 fully saturated rings. The number of aromatic nitrogens is 1. The normalized spacial score (nSPS) is 13.0. The van der Waals surface area contributed by atoms with Crippen molar-refractivity contribution in [2.75, 3.05) is 13.2 Å². The maximum absolute atomic E-state index is 5.67. The minimum absolute atomic E-state index is 0.632. The minimum atomic E-state index is 0.632. The molecule has 1 aliphatic rings. The monoisotopic (exact) mass is 576 g/mol. The van der Waals surface area contributed by atoms with Crippen LogP contribution in [-0.4, -0.2) is 24.0 Å². The van der Waals surface area contributed by atoms with Gasteiger partial charge in [-0.15, -0.1) is 0 Å². The largest absolute Gasteiger partial charge is 0.475 e. The summed E-state index contributed by atoms with van der Waals surface area (Å²) in [7, 11) is 0. The highest BCUT2D eigenvalue weighted by molar-refractivity contribution is 6.22. The SMILES string of the molecule is c1ccc2cc(-c3c4ccccc4c(-c4ccc5ccccc5c4)c4cc(-c5ccc(C6=NCCO6)cn5)ccc34)ccc2c1. The van der Waals surface area contributed by atoms with Crippen LogP contribution in [0.3, 0.4) is 0 Å². The van der Waals surface area contributed by atoms with Crippen LogP contribution in [0.15, 0.2) is 151 Å². The topological polar surface area (TPSA) is 34.5 Å². The van der Waals surface area contributed by atoms with E-state index in [1.54, 1.807) is 0 Å². The second kappa shape index (κ2) is 10.4. The minimum Gasteiger partial charge on any atom is -0.475 e. The van der Waals surface area contributed by atoms with Gasteiger partial charge >= 0.3 is 0 Å². The molecule has 0 amide bonds. The average Bonchev–Trinajstić information content (AvgIpc) is 3.65. The van der Waals surface area contributed by atoms with Crippen molar-refractivity contribution in [1.29, 1.82) is 0 Å². The number of hydrogen-bond acceptors (Lipinski definition) is 3. The van der Waals surface area contributed by atoms with Crippen molar-refractivity contribution in [1.82, 2.24) is 4.98 Å². The molecule has 0 aliphatic carbocycles. The zero-order valence-corrected chi connectivity index (χ0v) is 24.6. The molecule has 3 nitrogen and oxygen atoms in total. The first-order valence-corrected chi connectivity index (χ1v) is 15.4. The second-order valence-corrected chi connectivity index (χ2v) is 11.6. The summed E-state index contributed by atoms with van der Waals surface area (Å²) in [5.41, 5.74) is 7.82. The molecule has 0 saturated carbocycles. The second-order valence-electron chi connectivity index (χ2n) is 11.6. The Morgan fingerprint density at radius 1 is 0.444 bits per heavy atom. The van der Waals surface area contributed by atoms with E-state index < -0.39 is 0 Å². The van der Waals surface area contributed by atoms with Crippen LogP contribution < -0.4 is 0 Å². The van der Waals surface area contributed by atoms with Crippen LogP contribution in [0.4, 0.5) is 0 Å². The van der Waals surface area contributed by atoms with Gasteiger partial charge < -0.3 is 4.74 Å². The van der Waals surface area contributed by atoms with Gasteiger partial charge in [-0.3, -0.25) is 4.98 Å². The van der Waals surface area contributed by atoms with Crippen LogP contribution in [0.1, 0.15) is 5.56 Å². The first-order chi connectivity index (χ1) is 22.3. The van der Waals surface area contributed by atoms with E-state index in [0.29, 0.717) is 19.0 Å². The molecule has 212 valence electrons. The highest BCUT2D eigenvalue weighted by atomic mass is 16.5. The first-order valence-electron chi connectivity index (χ1n) is 15.4. The van der Waals surface area contributed by atoms with Crippen molar-refractivity contribution in [2.45, 2.75) is 0 Å². The summed E-state index contributed by atoms with van der Waals surface area (Å²) >= 11 is 0. The Morgan fingerprint density at radius 3 is 1.60 bits per heavy atom. The highest BCUT2D eigenvalue weighted by Crippen LogP contribution is 2.45. The number of nitrogens with zero attached hydrogens (tertiary/aromatic N) is 2. The van der Waals surface area contributed by atoms with Gasteiger partial charge in [0.1, 0.15) is 6.61 Å². The summed E-state index contributed by atoms with van der Waals surface area (Å²) in [6.45, 7) is 1.33. The predicted molar refractivity (Wildman–Crippen MR) is 188 cm³/mol. The van der Waals surface area contributed by atoms with Crippen LogP contribution in [0.5, 0.6) is 0 Å². The van der Waals surface area contributed by atoms with E-state index in [4.69, 9.17) is 9.72 Å². The summed E-state index contributed by atoms with van der Waals surface area (Å²) in [5, 5.41) is 9.87. The molecule has 7 aromatic carbocycles. The fraction of sp³-hybridized carbons (Fsp3) is 0.0476. The van der Waals surface area contributed by atoms with Crippen molar-refractivity contribution >= 4 is 49.0 Å². The van der Waals surface area contributed by atoms with E-state index in [2.05, 4.69) is 145 Å². The number of rotatable bonds is 4. The summed E-state index contributed by atoms with van der Waals surface area (Å²) in [6, 6.07) is 50.6. The first kappa shape index (κ1) is 25.7. The average molecular weight is 577 g/mol. The summed E-state index contributed by atoms with van der Waals surface area (Å²) in [4.78, 5) is 9.32. The zero-order valence-electron chi connectivity index (χ0n) is 24.6. The van der Waals surface area contributed by atoms with Crippen LogP contribution in [0.25, 0.3) is 76.6 Å². The van der Waals surface area contributed by atoms with Gasteiger partial charge in [0.05, 0.1) is 17.8 Å². The van der Waals surface area contributed by atoms with Gasteiger partial charge in [-0.25, -0.2) is 4.99 Å². The van der Waals surface area contributed by atoms with E-state index in [-0.39, 0.29) is 0 Å². The molecular formula is C42H28N2O. The lowest BCUT2D eigenvalue weighted by atomic mass is 9.84. The van der Waals surface area contributed by atoms with E-state index in [9.17, 15) is 0 Å².